The van der Waals surface area contributed by atoms with Crippen molar-refractivity contribution in [2.24, 2.45) is 0 Å². The molecule has 1 fully saturated rings. The summed E-state index contributed by atoms with van der Waals surface area (Å²) in [5.41, 5.74) is 2.09. The van der Waals surface area contributed by atoms with E-state index in [0.717, 1.165) is 23.0 Å². The third-order valence-corrected chi connectivity index (χ3v) is 3.88. The number of rotatable bonds is 2. The SMILES string of the molecule is CCN1CCCC1c1cn2c(Cl)cccc2n1. The molecule has 1 aliphatic heterocycles. The highest BCUT2D eigenvalue weighted by atomic mass is 35.5. The van der Waals surface area contributed by atoms with Gasteiger partial charge in [-0.1, -0.05) is 24.6 Å². The molecule has 17 heavy (non-hydrogen) atoms. The molecule has 0 spiro atoms. The van der Waals surface area contributed by atoms with Crippen LogP contribution in [0.2, 0.25) is 5.15 Å². The Hall–Kier alpha value is -1.06. The smallest absolute Gasteiger partial charge is 0.138 e. The zero-order valence-corrected chi connectivity index (χ0v) is 10.7. The number of imidazole rings is 1. The summed E-state index contributed by atoms with van der Waals surface area (Å²) in [5, 5.41) is 0.724. The average Bonchev–Trinajstić information content (AvgIpc) is 2.94. The fourth-order valence-electron chi connectivity index (χ4n) is 2.70. The van der Waals surface area contributed by atoms with E-state index in [-0.39, 0.29) is 0 Å². The van der Waals surface area contributed by atoms with Crippen LogP contribution in [0.1, 0.15) is 31.5 Å². The van der Waals surface area contributed by atoms with E-state index in [1.165, 1.54) is 19.4 Å². The molecule has 0 radical (unpaired) electrons. The van der Waals surface area contributed by atoms with Crippen molar-refractivity contribution in [2.75, 3.05) is 13.1 Å². The van der Waals surface area contributed by atoms with Crippen LogP contribution in [0.15, 0.2) is 24.4 Å². The molecule has 0 bridgehead atoms. The lowest BCUT2D eigenvalue weighted by Gasteiger charge is -2.20. The predicted molar refractivity (Wildman–Crippen MR) is 69.4 cm³/mol. The molecule has 1 unspecified atom stereocenters. The Kier molecular flexibility index (Phi) is 2.81. The number of hydrogen-bond acceptors (Lipinski definition) is 2. The fourth-order valence-corrected chi connectivity index (χ4v) is 2.90. The minimum Gasteiger partial charge on any atom is -0.295 e. The average molecular weight is 250 g/mol. The van der Waals surface area contributed by atoms with Crippen LogP contribution < -0.4 is 0 Å². The van der Waals surface area contributed by atoms with Gasteiger partial charge in [0, 0.05) is 6.20 Å². The van der Waals surface area contributed by atoms with E-state index in [2.05, 4.69) is 18.0 Å². The largest absolute Gasteiger partial charge is 0.295 e. The van der Waals surface area contributed by atoms with Gasteiger partial charge < -0.3 is 0 Å². The second-order valence-corrected chi connectivity index (χ2v) is 4.92. The first kappa shape index (κ1) is 11.1. The number of fused-ring (bicyclic) bond motifs is 1. The Bertz CT molecular complexity index is 534. The first-order chi connectivity index (χ1) is 8.29. The second-order valence-electron chi connectivity index (χ2n) is 4.53. The topological polar surface area (TPSA) is 20.5 Å². The number of halogens is 1. The summed E-state index contributed by atoms with van der Waals surface area (Å²) in [7, 11) is 0. The summed E-state index contributed by atoms with van der Waals surface area (Å²) < 4.78 is 1.96. The number of aromatic nitrogens is 2. The van der Waals surface area contributed by atoms with E-state index in [1.807, 2.05) is 22.6 Å². The Morgan fingerprint density at radius 1 is 1.47 bits per heavy atom. The molecule has 1 atom stereocenters. The Labute approximate surface area is 106 Å². The zero-order valence-electron chi connectivity index (χ0n) is 9.93. The zero-order chi connectivity index (χ0) is 11.8. The molecule has 0 saturated carbocycles. The quantitative estimate of drug-likeness (QED) is 0.763. The van der Waals surface area contributed by atoms with E-state index in [1.54, 1.807) is 0 Å². The van der Waals surface area contributed by atoms with Gasteiger partial charge in [-0.25, -0.2) is 4.98 Å². The molecule has 3 rings (SSSR count). The van der Waals surface area contributed by atoms with Crippen molar-refractivity contribution in [3.8, 4) is 0 Å². The normalized spacial score (nSPS) is 21.4. The molecule has 4 heteroatoms. The van der Waals surface area contributed by atoms with Crippen molar-refractivity contribution in [3.05, 3.63) is 35.2 Å². The molecule has 0 N–H and O–H groups in total. The molecule has 3 heterocycles. The molecule has 0 aromatic carbocycles. The Morgan fingerprint density at radius 2 is 2.35 bits per heavy atom. The van der Waals surface area contributed by atoms with Gasteiger partial charge in [-0.2, -0.15) is 0 Å². The van der Waals surface area contributed by atoms with E-state index in [4.69, 9.17) is 16.6 Å². The highest BCUT2D eigenvalue weighted by Gasteiger charge is 2.26. The Balaban J connectivity index is 2.03. The number of nitrogens with zero attached hydrogens (tertiary/aromatic N) is 3. The molecular weight excluding hydrogens is 234 g/mol. The van der Waals surface area contributed by atoms with E-state index < -0.39 is 0 Å². The molecule has 0 amide bonds. The van der Waals surface area contributed by atoms with Crippen molar-refractivity contribution in [3.63, 3.8) is 0 Å². The van der Waals surface area contributed by atoms with Gasteiger partial charge in [0.2, 0.25) is 0 Å². The van der Waals surface area contributed by atoms with Crippen LogP contribution in [0.3, 0.4) is 0 Å². The summed E-state index contributed by atoms with van der Waals surface area (Å²) in [4.78, 5) is 7.17. The van der Waals surface area contributed by atoms with Crippen molar-refractivity contribution in [1.82, 2.24) is 14.3 Å². The van der Waals surface area contributed by atoms with Gasteiger partial charge in [0.05, 0.1) is 11.7 Å². The molecule has 2 aromatic rings. The predicted octanol–water partition coefficient (Wildman–Crippen LogP) is 3.14. The molecule has 1 aliphatic rings. The summed E-state index contributed by atoms with van der Waals surface area (Å²) in [6.45, 7) is 4.48. The monoisotopic (exact) mass is 249 g/mol. The van der Waals surface area contributed by atoms with Crippen LogP contribution in [0.5, 0.6) is 0 Å². The van der Waals surface area contributed by atoms with Gasteiger partial charge in [-0.3, -0.25) is 9.30 Å². The minimum absolute atomic E-state index is 0.468. The van der Waals surface area contributed by atoms with Crippen LogP contribution >= 0.6 is 11.6 Å². The standard InChI is InChI=1S/C13H16ClN3/c1-2-16-8-4-5-11(16)10-9-17-12(14)6-3-7-13(17)15-10/h3,6-7,9,11H,2,4-5,8H2,1H3. The second kappa shape index (κ2) is 4.31. The summed E-state index contributed by atoms with van der Waals surface area (Å²) in [5.74, 6) is 0. The van der Waals surface area contributed by atoms with E-state index in [9.17, 15) is 0 Å². The van der Waals surface area contributed by atoms with Gasteiger partial charge in [0.15, 0.2) is 0 Å². The van der Waals surface area contributed by atoms with Crippen LogP contribution in [0.25, 0.3) is 5.65 Å². The van der Waals surface area contributed by atoms with Crippen LogP contribution in [-0.2, 0) is 0 Å². The highest BCUT2D eigenvalue weighted by Crippen LogP contribution is 2.31. The van der Waals surface area contributed by atoms with Gasteiger partial charge in [0.25, 0.3) is 0 Å². The maximum atomic E-state index is 6.16. The molecule has 0 aliphatic carbocycles. The highest BCUT2D eigenvalue weighted by molar-refractivity contribution is 6.29. The lowest BCUT2D eigenvalue weighted by Crippen LogP contribution is -2.22. The van der Waals surface area contributed by atoms with Gasteiger partial charge in [0.1, 0.15) is 10.8 Å². The van der Waals surface area contributed by atoms with E-state index in [0.29, 0.717) is 6.04 Å². The fraction of sp³-hybridized carbons (Fsp3) is 0.462. The van der Waals surface area contributed by atoms with Crippen LogP contribution in [-0.4, -0.2) is 27.4 Å². The molecule has 90 valence electrons. The van der Waals surface area contributed by atoms with Gasteiger partial charge in [-0.15, -0.1) is 0 Å². The molecule has 1 saturated heterocycles. The third-order valence-electron chi connectivity index (χ3n) is 3.57. The van der Waals surface area contributed by atoms with Crippen molar-refractivity contribution >= 4 is 17.2 Å². The third kappa shape index (κ3) is 1.83. The minimum atomic E-state index is 0.468. The Morgan fingerprint density at radius 3 is 3.12 bits per heavy atom. The van der Waals surface area contributed by atoms with E-state index >= 15 is 0 Å². The maximum Gasteiger partial charge on any atom is 0.138 e. The van der Waals surface area contributed by atoms with Crippen LogP contribution in [0, 0.1) is 0 Å². The number of likely N-dealkylation sites (tertiary alicyclic amines) is 1. The first-order valence-electron chi connectivity index (χ1n) is 6.17. The summed E-state index contributed by atoms with van der Waals surface area (Å²) >= 11 is 6.16. The maximum absolute atomic E-state index is 6.16. The lowest BCUT2D eigenvalue weighted by molar-refractivity contribution is 0.268. The summed E-state index contributed by atoms with van der Waals surface area (Å²) in [6.07, 6.45) is 4.55. The number of hydrogen-bond donors (Lipinski definition) is 0. The molecular formula is C13H16ClN3. The number of pyridine rings is 1. The van der Waals surface area contributed by atoms with Gasteiger partial charge >= 0.3 is 0 Å². The van der Waals surface area contributed by atoms with Crippen molar-refractivity contribution in [2.45, 2.75) is 25.8 Å². The van der Waals surface area contributed by atoms with Gasteiger partial charge in [-0.05, 0) is 38.1 Å². The van der Waals surface area contributed by atoms with Crippen LogP contribution in [0.4, 0.5) is 0 Å². The first-order valence-corrected chi connectivity index (χ1v) is 6.55. The molecule has 2 aromatic heterocycles. The van der Waals surface area contributed by atoms with Crippen molar-refractivity contribution in [1.29, 1.82) is 0 Å². The summed E-state index contributed by atoms with van der Waals surface area (Å²) in [6, 6.07) is 6.31. The molecule has 3 nitrogen and oxygen atoms in total. The van der Waals surface area contributed by atoms with Crippen molar-refractivity contribution < 1.29 is 0 Å². The lowest BCUT2D eigenvalue weighted by atomic mass is 10.1.